The minimum absolute atomic E-state index is 0.278. The highest BCUT2D eigenvalue weighted by Gasteiger charge is 2.26. The number of halogens is 1. The van der Waals surface area contributed by atoms with E-state index in [-0.39, 0.29) is 5.92 Å². The standard InChI is InChI=1S/C9H11ClN2O2S/c10-9-11-7(5-15-9)12-3-1-2-6(4-12)8(13)14/h5-6H,1-4H2,(H,13,14). The van der Waals surface area contributed by atoms with Gasteiger partial charge in [0.25, 0.3) is 0 Å². The third-order valence-electron chi connectivity index (χ3n) is 2.56. The van der Waals surface area contributed by atoms with Crippen molar-refractivity contribution >= 4 is 34.7 Å². The van der Waals surface area contributed by atoms with Crippen LogP contribution in [0.4, 0.5) is 5.82 Å². The first-order valence-corrected chi connectivity index (χ1v) is 6.01. The largest absolute Gasteiger partial charge is 0.481 e. The van der Waals surface area contributed by atoms with Crippen LogP contribution in [0.15, 0.2) is 5.38 Å². The summed E-state index contributed by atoms with van der Waals surface area (Å²) in [6, 6.07) is 0. The van der Waals surface area contributed by atoms with Gasteiger partial charge in [0.05, 0.1) is 5.92 Å². The first-order valence-electron chi connectivity index (χ1n) is 4.75. The maximum Gasteiger partial charge on any atom is 0.308 e. The van der Waals surface area contributed by atoms with Gasteiger partial charge in [0.1, 0.15) is 5.82 Å². The van der Waals surface area contributed by atoms with E-state index in [9.17, 15) is 4.79 Å². The van der Waals surface area contributed by atoms with Crippen LogP contribution < -0.4 is 4.90 Å². The number of nitrogens with zero attached hydrogens (tertiary/aromatic N) is 2. The fourth-order valence-electron chi connectivity index (χ4n) is 1.78. The van der Waals surface area contributed by atoms with Crippen molar-refractivity contribution in [2.45, 2.75) is 12.8 Å². The van der Waals surface area contributed by atoms with E-state index in [1.165, 1.54) is 11.3 Å². The molecule has 1 saturated heterocycles. The lowest BCUT2D eigenvalue weighted by Crippen LogP contribution is -2.38. The molecule has 0 bridgehead atoms. The second-order valence-corrected chi connectivity index (χ2v) is 5.02. The van der Waals surface area contributed by atoms with Crippen LogP contribution >= 0.6 is 22.9 Å². The molecule has 1 aromatic heterocycles. The van der Waals surface area contributed by atoms with Gasteiger partial charge in [-0.1, -0.05) is 11.6 Å². The predicted octanol–water partition coefficient (Wildman–Crippen LogP) is 2.10. The molecule has 82 valence electrons. The number of rotatable bonds is 2. The molecule has 6 heteroatoms. The van der Waals surface area contributed by atoms with Crippen molar-refractivity contribution in [1.82, 2.24) is 4.98 Å². The molecule has 1 aromatic rings. The number of aliphatic carboxylic acids is 1. The van der Waals surface area contributed by atoms with E-state index in [2.05, 4.69) is 4.98 Å². The minimum Gasteiger partial charge on any atom is -0.481 e. The quantitative estimate of drug-likeness (QED) is 0.868. The molecule has 0 saturated carbocycles. The number of anilines is 1. The molecule has 1 aliphatic rings. The molecule has 1 aliphatic heterocycles. The molecule has 4 nitrogen and oxygen atoms in total. The summed E-state index contributed by atoms with van der Waals surface area (Å²) in [6.07, 6.45) is 1.65. The van der Waals surface area contributed by atoms with E-state index < -0.39 is 5.97 Å². The zero-order valence-corrected chi connectivity index (χ0v) is 9.59. The van der Waals surface area contributed by atoms with Gasteiger partial charge in [-0.05, 0) is 12.8 Å². The minimum atomic E-state index is -0.721. The summed E-state index contributed by atoms with van der Waals surface area (Å²) in [5.74, 6) is -0.198. The SMILES string of the molecule is O=C(O)C1CCCN(c2csc(Cl)n2)C1. The van der Waals surface area contributed by atoms with Gasteiger partial charge in [-0.15, -0.1) is 11.3 Å². The zero-order valence-electron chi connectivity index (χ0n) is 8.02. The van der Waals surface area contributed by atoms with Crippen molar-refractivity contribution in [1.29, 1.82) is 0 Å². The van der Waals surface area contributed by atoms with Gasteiger partial charge in [-0.3, -0.25) is 4.79 Å². The highest BCUT2D eigenvalue weighted by Crippen LogP contribution is 2.26. The van der Waals surface area contributed by atoms with Gasteiger partial charge in [-0.2, -0.15) is 0 Å². The molecule has 0 aromatic carbocycles. The van der Waals surface area contributed by atoms with Gasteiger partial charge in [0.15, 0.2) is 4.47 Å². The van der Waals surface area contributed by atoms with E-state index in [0.717, 1.165) is 25.2 Å². The van der Waals surface area contributed by atoms with Gasteiger partial charge in [0.2, 0.25) is 0 Å². The molecule has 1 atom stereocenters. The highest BCUT2D eigenvalue weighted by molar-refractivity contribution is 7.14. The molecule has 2 heterocycles. The molecular formula is C9H11ClN2O2S. The summed E-state index contributed by atoms with van der Waals surface area (Å²) in [6.45, 7) is 1.40. The second kappa shape index (κ2) is 4.37. The Labute approximate surface area is 96.5 Å². The summed E-state index contributed by atoms with van der Waals surface area (Å²) in [5, 5.41) is 10.8. The van der Waals surface area contributed by atoms with Crippen molar-refractivity contribution in [2.24, 2.45) is 5.92 Å². The smallest absolute Gasteiger partial charge is 0.308 e. The topological polar surface area (TPSA) is 53.4 Å². The Kier molecular flexibility index (Phi) is 3.11. The van der Waals surface area contributed by atoms with Crippen molar-refractivity contribution in [3.8, 4) is 0 Å². The van der Waals surface area contributed by atoms with E-state index in [0.29, 0.717) is 11.0 Å². The Hall–Kier alpha value is -0.810. The monoisotopic (exact) mass is 246 g/mol. The summed E-state index contributed by atoms with van der Waals surface area (Å²) < 4.78 is 0.502. The molecule has 2 rings (SSSR count). The summed E-state index contributed by atoms with van der Waals surface area (Å²) in [7, 11) is 0. The lowest BCUT2D eigenvalue weighted by atomic mass is 9.98. The van der Waals surface area contributed by atoms with E-state index in [4.69, 9.17) is 16.7 Å². The number of aromatic nitrogens is 1. The van der Waals surface area contributed by atoms with Gasteiger partial charge < -0.3 is 10.0 Å². The number of carbonyl (C=O) groups is 1. The average molecular weight is 247 g/mol. The molecule has 15 heavy (non-hydrogen) atoms. The zero-order chi connectivity index (χ0) is 10.8. The van der Waals surface area contributed by atoms with Crippen LogP contribution in [0.25, 0.3) is 0 Å². The highest BCUT2D eigenvalue weighted by atomic mass is 35.5. The third kappa shape index (κ3) is 2.41. The van der Waals surface area contributed by atoms with E-state index in [1.807, 2.05) is 10.3 Å². The molecular weight excluding hydrogens is 236 g/mol. The van der Waals surface area contributed by atoms with E-state index >= 15 is 0 Å². The number of carboxylic acid groups (broad SMARTS) is 1. The number of hydrogen-bond acceptors (Lipinski definition) is 4. The average Bonchev–Trinajstić information content (AvgIpc) is 2.65. The molecule has 0 radical (unpaired) electrons. The van der Waals surface area contributed by atoms with Crippen LogP contribution in [0.2, 0.25) is 4.47 Å². The lowest BCUT2D eigenvalue weighted by molar-refractivity contribution is -0.141. The van der Waals surface area contributed by atoms with Gasteiger partial charge >= 0.3 is 5.97 Å². The van der Waals surface area contributed by atoms with Crippen LogP contribution in [0.1, 0.15) is 12.8 Å². The van der Waals surface area contributed by atoms with Crippen molar-refractivity contribution < 1.29 is 9.90 Å². The second-order valence-electron chi connectivity index (χ2n) is 3.58. The normalized spacial score (nSPS) is 21.7. The number of hydrogen-bond donors (Lipinski definition) is 1. The number of carboxylic acids is 1. The predicted molar refractivity (Wildman–Crippen MR) is 59.7 cm³/mol. The Morgan fingerprint density at radius 3 is 3.13 bits per heavy atom. The van der Waals surface area contributed by atoms with Gasteiger partial charge in [-0.25, -0.2) is 4.98 Å². The van der Waals surface area contributed by atoms with Crippen LogP contribution in [0.3, 0.4) is 0 Å². The Morgan fingerprint density at radius 1 is 1.73 bits per heavy atom. The summed E-state index contributed by atoms with van der Waals surface area (Å²) in [5.41, 5.74) is 0. The molecule has 0 aliphatic carbocycles. The maximum absolute atomic E-state index is 10.9. The third-order valence-corrected chi connectivity index (χ3v) is 3.52. The fraction of sp³-hybridized carbons (Fsp3) is 0.556. The first kappa shape index (κ1) is 10.7. The van der Waals surface area contributed by atoms with Crippen molar-refractivity contribution in [3.63, 3.8) is 0 Å². The summed E-state index contributed by atoms with van der Waals surface area (Å²) >= 11 is 7.12. The number of thiazole rings is 1. The van der Waals surface area contributed by atoms with Gasteiger partial charge in [0, 0.05) is 18.5 Å². The Bertz CT molecular complexity index is 369. The van der Waals surface area contributed by atoms with Crippen LogP contribution in [-0.2, 0) is 4.79 Å². The first-order chi connectivity index (χ1) is 7.16. The van der Waals surface area contributed by atoms with Crippen LogP contribution in [0, 0.1) is 5.92 Å². The van der Waals surface area contributed by atoms with Crippen molar-refractivity contribution in [2.75, 3.05) is 18.0 Å². The molecule has 1 unspecified atom stereocenters. The number of piperidine rings is 1. The molecule has 0 amide bonds. The maximum atomic E-state index is 10.9. The fourth-order valence-corrected chi connectivity index (χ4v) is 2.55. The van der Waals surface area contributed by atoms with E-state index in [1.54, 1.807) is 0 Å². The molecule has 1 N–H and O–H groups in total. The Morgan fingerprint density at radius 2 is 2.53 bits per heavy atom. The molecule has 1 fully saturated rings. The Balaban J connectivity index is 2.07. The molecule has 0 spiro atoms. The van der Waals surface area contributed by atoms with Crippen LogP contribution in [0.5, 0.6) is 0 Å². The van der Waals surface area contributed by atoms with Crippen molar-refractivity contribution in [3.05, 3.63) is 9.85 Å². The lowest BCUT2D eigenvalue weighted by Gasteiger charge is -2.30. The van der Waals surface area contributed by atoms with Crippen LogP contribution in [-0.4, -0.2) is 29.1 Å². The summed E-state index contributed by atoms with van der Waals surface area (Å²) in [4.78, 5) is 17.0.